The molecule has 2 aromatic rings. The number of aromatic nitrogens is 4. The van der Waals surface area contributed by atoms with Crippen LogP contribution in [0.25, 0.3) is 11.0 Å². The minimum absolute atomic E-state index is 0.596. The molecule has 114 valence electrons. The van der Waals surface area contributed by atoms with Gasteiger partial charge in [-0.05, 0) is 19.9 Å². The average Bonchev–Trinajstić information content (AvgIpc) is 3.17. The van der Waals surface area contributed by atoms with Crippen LogP contribution in [0.5, 0.6) is 0 Å². The van der Waals surface area contributed by atoms with E-state index in [1.54, 1.807) is 6.20 Å². The fraction of sp³-hybridized carbons (Fsp3) is 0.643. The van der Waals surface area contributed by atoms with Gasteiger partial charge in [0.25, 0.3) is 0 Å². The summed E-state index contributed by atoms with van der Waals surface area (Å²) in [5, 5.41) is 14.2. The number of H-pyrrole nitrogens is 1. The molecule has 0 aliphatic heterocycles. The molecule has 1 saturated carbocycles. The van der Waals surface area contributed by atoms with E-state index in [-0.39, 0.29) is 0 Å². The summed E-state index contributed by atoms with van der Waals surface area (Å²) in [5.41, 5.74) is 0.751. The summed E-state index contributed by atoms with van der Waals surface area (Å²) < 4.78 is 0. The summed E-state index contributed by atoms with van der Waals surface area (Å²) in [5.74, 6) is 1.43. The lowest BCUT2D eigenvalue weighted by Crippen LogP contribution is -2.33. The van der Waals surface area contributed by atoms with Gasteiger partial charge >= 0.3 is 0 Å². The number of rotatable bonds is 6. The van der Waals surface area contributed by atoms with Crippen LogP contribution in [-0.4, -0.2) is 58.3 Å². The Morgan fingerprint density at radius 3 is 2.90 bits per heavy atom. The average molecular weight is 289 g/mol. The van der Waals surface area contributed by atoms with E-state index >= 15 is 0 Å². The molecule has 21 heavy (non-hydrogen) atoms. The van der Waals surface area contributed by atoms with Crippen molar-refractivity contribution in [3.05, 3.63) is 6.20 Å². The maximum absolute atomic E-state index is 4.47. The molecule has 0 unspecified atom stereocenters. The molecule has 1 aliphatic rings. The zero-order valence-corrected chi connectivity index (χ0v) is 12.7. The fourth-order valence-electron chi connectivity index (χ4n) is 2.96. The summed E-state index contributed by atoms with van der Waals surface area (Å²) in [6.45, 7) is 1.89. The molecule has 0 amide bonds. The number of likely N-dealkylation sites (N-methyl/N-ethyl adjacent to an activating group) is 1. The smallest absolute Gasteiger partial charge is 0.226 e. The van der Waals surface area contributed by atoms with Crippen LogP contribution in [-0.2, 0) is 0 Å². The maximum Gasteiger partial charge on any atom is 0.226 e. The lowest BCUT2D eigenvalue weighted by atomic mass is 10.2. The summed E-state index contributed by atoms with van der Waals surface area (Å²) in [4.78, 5) is 11.3. The third-order valence-electron chi connectivity index (χ3n) is 4.24. The van der Waals surface area contributed by atoms with E-state index in [0.29, 0.717) is 5.95 Å². The molecule has 7 heteroatoms. The topological polar surface area (TPSA) is 81.8 Å². The van der Waals surface area contributed by atoms with Crippen molar-refractivity contribution < 1.29 is 0 Å². The van der Waals surface area contributed by atoms with Crippen molar-refractivity contribution in [2.24, 2.45) is 0 Å². The molecule has 0 bridgehead atoms. The van der Waals surface area contributed by atoms with Crippen LogP contribution < -0.4 is 10.6 Å². The number of aromatic amines is 1. The molecule has 3 rings (SSSR count). The Morgan fingerprint density at radius 1 is 1.33 bits per heavy atom. The van der Waals surface area contributed by atoms with Crippen molar-refractivity contribution in [1.29, 1.82) is 0 Å². The van der Waals surface area contributed by atoms with Gasteiger partial charge in [-0.2, -0.15) is 15.1 Å². The van der Waals surface area contributed by atoms with Gasteiger partial charge in [0, 0.05) is 26.2 Å². The normalized spacial score (nSPS) is 16.0. The summed E-state index contributed by atoms with van der Waals surface area (Å²) >= 11 is 0. The van der Waals surface area contributed by atoms with Crippen molar-refractivity contribution in [1.82, 2.24) is 25.1 Å². The van der Waals surface area contributed by atoms with Gasteiger partial charge in [-0.25, -0.2) is 0 Å². The number of nitrogens with zero attached hydrogens (tertiary/aromatic N) is 4. The highest BCUT2D eigenvalue weighted by Crippen LogP contribution is 2.22. The van der Waals surface area contributed by atoms with Crippen LogP contribution in [0.4, 0.5) is 11.8 Å². The molecule has 0 aromatic carbocycles. The summed E-state index contributed by atoms with van der Waals surface area (Å²) in [6, 6.07) is 0.749. The van der Waals surface area contributed by atoms with E-state index in [2.05, 4.69) is 42.7 Å². The van der Waals surface area contributed by atoms with E-state index in [1.165, 1.54) is 25.7 Å². The molecule has 7 nitrogen and oxygen atoms in total. The minimum Gasteiger partial charge on any atom is -0.368 e. The predicted octanol–water partition coefficient (Wildman–Crippen LogP) is 1.68. The molecule has 0 saturated heterocycles. The number of anilines is 2. The van der Waals surface area contributed by atoms with Crippen LogP contribution in [0.3, 0.4) is 0 Å². The second kappa shape index (κ2) is 6.26. The minimum atomic E-state index is 0.596. The van der Waals surface area contributed by atoms with Crippen molar-refractivity contribution in [2.45, 2.75) is 31.7 Å². The van der Waals surface area contributed by atoms with E-state index in [9.17, 15) is 0 Å². The van der Waals surface area contributed by atoms with Crippen molar-refractivity contribution in [3.63, 3.8) is 0 Å². The molecule has 1 aliphatic carbocycles. The molecule has 2 aromatic heterocycles. The molecule has 3 N–H and O–H groups in total. The fourth-order valence-corrected chi connectivity index (χ4v) is 2.96. The molecular formula is C14H23N7. The number of nitrogens with one attached hydrogen (secondary N) is 3. The van der Waals surface area contributed by atoms with Crippen LogP contribution in [0.2, 0.25) is 0 Å². The monoisotopic (exact) mass is 289 g/mol. The molecular weight excluding hydrogens is 266 g/mol. The second-order valence-corrected chi connectivity index (χ2v) is 5.62. The quantitative estimate of drug-likeness (QED) is 0.750. The largest absolute Gasteiger partial charge is 0.368 e. The molecule has 0 radical (unpaired) electrons. The van der Waals surface area contributed by atoms with Gasteiger partial charge in [0.15, 0.2) is 5.65 Å². The van der Waals surface area contributed by atoms with Crippen molar-refractivity contribution in [3.8, 4) is 0 Å². The van der Waals surface area contributed by atoms with Crippen molar-refractivity contribution in [2.75, 3.05) is 37.8 Å². The Balaban J connectivity index is 1.63. The number of fused-ring (bicyclic) bond motifs is 1. The first kappa shape index (κ1) is 14.1. The SMILES string of the molecule is CNc1nc(NCCN(C)C2CCCC2)c2cn[nH]c2n1. The first-order valence-electron chi connectivity index (χ1n) is 7.61. The third kappa shape index (κ3) is 3.07. The zero-order valence-electron chi connectivity index (χ0n) is 12.7. The third-order valence-corrected chi connectivity index (χ3v) is 4.24. The van der Waals surface area contributed by atoms with Crippen molar-refractivity contribution >= 4 is 22.8 Å². The Hall–Kier alpha value is -1.89. The van der Waals surface area contributed by atoms with Gasteiger partial charge in [0.1, 0.15) is 5.82 Å². The van der Waals surface area contributed by atoms with Gasteiger partial charge in [0.2, 0.25) is 5.95 Å². The molecule has 0 spiro atoms. The highest BCUT2D eigenvalue weighted by molar-refractivity contribution is 5.86. The summed E-state index contributed by atoms with van der Waals surface area (Å²) in [6.07, 6.45) is 7.17. The van der Waals surface area contributed by atoms with Gasteiger partial charge in [-0.15, -0.1) is 0 Å². The standard InChI is InChI=1S/C14H23N7/c1-15-14-18-12(11-9-17-20-13(11)19-14)16-7-8-21(2)10-5-3-4-6-10/h9-10H,3-8H2,1-2H3,(H3,15,16,17,18,19,20). The van der Waals surface area contributed by atoms with Gasteiger partial charge in [-0.1, -0.05) is 12.8 Å². The molecule has 0 atom stereocenters. The Morgan fingerprint density at radius 2 is 2.14 bits per heavy atom. The van der Waals surface area contributed by atoms with E-state index < -0.39 is 0 Å². The lowest BCUT2D eigenvalue weighted by molar-refractivity contribution is 0.254. The van der Waals surface area contributed by atoms with Gasteiger partial charge < -0.3 is 15.5 Å². The predicted molar refractivity (Wildman–Crippen MR) is 84.6 cm³/mol. The maximum atomic E-state index is 4.47. The number of hydrogen-bond acceptors (Lipinski definition) is 6. The van der Waals surface area contributed by atoms with Crippen LogP contribution in [0.15, 0.2) is 6.20 Å². The lowest BCUT2D eigenvalue weighted by Gasteiger charge is -2.24. The first-order valence-corrected chi connectivity index (χ1v) is 7.61. The van der Waals surface area contributed by atoms with E-state index in [0.717, 1.165) is 36.0 Å². The Labute approximate surface area is 124 Å². The van der Waals surface area contributed by atoms with Gasteiger partial charge in [0.05, 0.1) is 11.6 Å². The summed E-state index contributed by atoms with van der Waals surface area (Å²) in [7, 11) is 4.03. The van der Waals surface area contributed by atoms with Gasteiger partial charge in [-0.3, -0.25) is 5.10 Å². The molecule has 1 fully saturated rings. The highest BCUT2D eigenvalue weighted by atomic mass is 15.2. The number of hydrogen-bond donors (Lipinski definition) is 3. The second-order valence-electron chi connectivity index (χ2n) is 5.62. The van der Waals surface area contributed by atoms with Crippen LogP contribution in [0.1, 0.15) is 25.7 Å². The van der Waals surface area contributed by atoms with E-state index in [4.69, 9.17) is 0 Å². The van der Waals surface area contributed by atoms with Crippen LogP contribution in [0, 0.1) is 0 Å². The van der Waals surface area contributed by atoms with E-state index in [1.807, 2.05) is 7.05 Å². The first-order chi connectivity index (χ1) is 10.3. The van der Waals surface area contributed by atoms with Crippen LogP contribution >= 0.6 is 0 Å². The zero-order chi connectivity index (χ0) is 14.7. The molecule has 2 heterocycles. The Kier molecular flexibility index (Phi) is 4.19. The Bertz CT molecular complexity index is 588. The highest BCUT2D eigenvalue weighted by Gasteiger charge is 2.19.